The molecule has 0 saturated carbocycles. The number of carbonyl (C=O) groups is 1. The van der Waals surface area contributed by atoms with Gasteiger partial charge in [0.25, 0.3) is 0 Å². The van der Waals surface area contributed by atoms with Crippen LogP contribution in [0.2, 0.25) is 0 Å². The molecule has 0 spiro atoms. The minimum Gasteiger partial charge on any atom is -0.493 e. The molecule has 0 bridgehead atoms. The second-order valence-corrected chi connectivity index (χ2v) is 4.89. The first kappa shape index (κ1) is 14.6. The maximum atomic E-state index is 11.8. The molecule has 5 nitrogen and oxygen atoms in total. The van der Waals surface area contributed by atoms with Crippen molar-refractivity contribution in [2.24, 2.45) is 0 Å². The Morgan fingerprint density at radius 3 is 2.80 bits per heavy atom. The van der Waals surface area contributed by atoms with Crippen LogP contribution in [0.1, 0.15) is 23.0 Å². The fourth-order valence-electron chi connectivity index (χ4n) is 1.83. The van der Waals surface area contributed by atoms with Crippen LogP contribution in [0.25, 0.3) is 11.3 Å². The Morgan fingerprint density at radius 1 is 1.45 bits per heavy atom. The van der Waals surface area contributed by atoms with Crippen molar-refractivity contribution < 1.29 is 18.8 Å². The highest BCUT2D eigenvalue weighted by Gasteiger charge is 2.22. The van der Waals surface area contributed by atoms with E-state index in [1.54, 1.807) is 6.92 Å². The molecule has 106 valence electrons. The zero-order chi connectivity index (χ0) is 14.7. The van der Waals surface area contributed by atoms with Gasteiger partial charge in [0, 0.05) is 5.56 Å². The number of hydrogen-bond acceptors (Lipinski definition) is 5. The Morgan fingerprint density at radius 2 is 2.20 bits per heavy atom. The first-order chi connectivity index (χ1) is 9.58. The lowest BCUT2D eigenvalue weighted by atomic mass is 10.1. The summed E-state index contributed by atoms with van der Waals surface area (Å²) in [4.78, 5) is 11.8. The van der Waals surface area contributed by atoms with Crippen molar-refractivity contribution in [3.05, 3.63) is 34.0 Å². The fourth-order valence-corrected chi connectivity index (χ4v) is 2.33. The molecule has 0 radical (unpaired) electrons. The second-order valence-electron chi connectivity index (χ2n) is 4.03. The van der Waals surface area contributed by atoms with Crippen molar-refractivity contribution >= 4 is 21.9 Å². The summed E-state index contributed by atoms with van der Waals surface area (Å²) in [5.41, 5.74) is 1.54. The van der Waals surface area contributed by atoms with E-state index >= 15 is 0 Å². The summed E-state index contributed by atoms with van der Waals surface area (Å²) in [6.07, 6.45) is 0. The first-order valence-corrected chi connectivity index (χ1v) is 6.85. The molecule has 2 rings (SSSR count). The number of rotatable bonds is 4. The van der Waals surface area contributed by atoms with Crippen molar-refractivity contribution in [3.63, 3.8) is 0 Å². The van der Waals surface area contributed by atoms with Crippen LogP contribution >= 0.6 is 15.9 Å². The van der Waals surface area contributed by atoms with E-state index in [2.05, 4.69) is 21.1 Å². The number of aromatic nitrogens is 1. The smallest absolute Gasteiger partial charge is 0.343 e. The summed E-state index contributed by atoms with van der Waals surface area (Å²) in [5.74, 6) is 0.691. The molecular formula is C14H14BrNO4. The van der Waals surface area contributed by atoms with E-state index in [9.17, 15) is 4.79 Å². The van der Waals surface area contributed by atoms with E-state index in [0.29, 0.717) is 23.6 Å². The largest absolute Gasteiger partial charge is 0.493 e. The number of carbonyl (C=O) groups excluding carboxylic acids is 1. The molecule has 6 heteroatoms. The molecule has 2 aromatic rings. The van der Waals surface area contributed by atoms with Gasteiger partial charge in [-0.2, -0.15) is 0 Å². The van der Waals surface area contributed by atoms with E-state index in [1.165, 1.54) is 7.11 Å². The maximum absolute atomic E-state index is 11.8. The van der Waals surface area contributed by atoms with Gasteiger partial charge in [0.2, 0.25) is 0 Å². The van der Waals surface area contributed by atoms with Gasteiger partial charge < -0.3 is 14.0 Å². The molecule has 0 unspecified atom stereocenters. The summed E-state index contributed by atoms with van der Waals surface area (Å²) in [5, 5.41) is 3.93. The van der Waals surface area contributed by atoms with Crippen LogP contribution < -0.4 is 4.74 Å². The minimum atomic E-state index is -0.469. The standard InChI is InChI=1S/C14H14BrNO4/c1-4-19-11-6-5-9(7-10(11)15)13-12(14(17)18-3)8(2)20-16-13/h5-7H,4H2,1-3H3. The number of methoxy groups -OCH3 is 1. The Balaban J connectivity index is 2.47. The molecule has 0 saturated heterocycles. The number of nitrogens with zero attached hydrogens (tertiary/aromatic N) is 1. The van der Waals surface area contributed by atoms with Crippen LogP contribution in [0, 0.1) is 6.92 Å². The number of halogens is 1. The predicted octanol–water partition coefficient (Wildman–Crippen LogP) is 3.60. The number of hydrogen-bond donors (Lipinski definition) is 0. The number of esters is 1. The molecule has 0 aliphatic heterocycles. The van der Waals surface area contributed by atoms with Gasteiger partial charge in [0.05, 0.1) is 18.2 Å². The highest BCUT2D eigenvalue weighted by Crippen LogP contribution is 2.32. The van der Waals surface area contributed by atoms with Crippen LogP contribution in [0.4, 0.5) is 0 Å². The number of benzene rings is 1. The molecule has 1 aromatic carbocycles. The van der Waals surface area contributed by atoms with Crippen molar-refractivity contribution in [1.29, 1.82) is 0 Å². The van der Waals surface area contributed by atoms with Crippen LogP contribution in [-0.2, 0) is 4.74 Å². The minimum absolute atomic E-state index is 0.337. The van der Waals surface area contributed by atoms with E-state index < -0.39 is 5.97 Å². The van der Waals surface area contributed by atoms with Crippen molar-refractivity contribution in [2.45, 2.75) is 13.8 Å². The Kier molecular flexibility index (Phi) is 4.44. The summed E-state index contributed by atoms with van der Waals surface area (Å²) in [6.45, 7) is 4.16. The van der Waals surface area contributed by atoms with Gasteiger partial charge in [-0.15, -0.1) is 0 Å². The zero-order valence-corrected chi connectivity index (χ0v) is 13.0. The summed E-state index contributed by atoms with van der Waals surface area (Å²) in [6, 6.07) is 5.46. The van der Waals surface area contributed by atoms with Gasteiger partial charge in [-0.05, 0) is 48.0 Å². The summed E-state index contributed by atoms with van der Waals surface area (Å²) in [7, 11) is 1.33. The Labute approximate surface area is 125 Å². The van der Waals surface area contributed by atoms with Crippen molar-refractivity contribution in [1.82, 2.24) is 5.16 Å². The third kappa shape index (κ3) is 2.70. The highest BCUT2D eigenvalue weighted by atomic mass is 79.9. The van der Waals surface area contributed by atoms with Gasteiger partial charge in [0.1, 0.15) is 22.8 Å². The third-order valence-corrected chi connectivity index (χ3v) is 3.38. The predicted molar refractivity (Wildman–Crippen MR) is 76.9 cm³/mol. The second kappa shape index (κ2) is 6.09. The quantitative estimate of drug-likeness (QED) is 0.796. The fraction of sp³-hybridized carbons (Fsp3) is 0.286. The number of aryl methyl sites for hydroxylation is 1. The molecule has 1 aromatic heterocycles. The lowest BCUT2D eigenvalue weighted by Gasteiger charge is -2.07. The van der Waals surface area contributed by atoms with Crippen molar-refractivity contribution in [2.75, 3.05) is 13.7 Å². The highest BCUT2D eigenvalue weighted by molar-refractivity contribution is 9.10. The Hall–Kier alpha value is -1.82. The van der Waals surface area contributed by atoms with Gasteiger partial charge in [-0.3, -0.25) is 0 Å². The number of ether oxygens (including phenoxy) is 2. The zero-order valence-electron chi connectivity index (χ0n) is 11.4. The average molecular weight is 340 g/mol. The van der Waals surface area contributed by atoms with Crippen LogP contribution in [0.15, 0.2) is 27.2 Å². The topological polar surface area (TPSA) is 61.6 Å². The first-order valence-electron chi connectivity index (χ1n) is 6.05. The molecule has 0 N–H and O–H groups in total. The average Bonchev–Trinajstić information content (AvgIpc) is 2.82. The lowest BCUT2D eigenvalue weighted by molar-refractivity contribution is 0.0599. The van der Waals surface area contributed by atoms with Gasteiger partial charge in [-0.25, -0.2) is 4.79 Å². The normalized spacial score (nSPS) is 10.4. The van der Waals surface area contributed by atoms with Gasteiger partial charge >= 0.3 is 5.97 Å². The van der Waals surface area contributed by atoms with Gasteiger partial charge in [-0.1, -0.05) is 5.16 Å². The van der Waals surface area contributed by atoms with Gasteiger partial charge in [0.15, 0.2) is 0 Å². The SMILES string of the molecule is CCOc1ccc(-c2noc(C)c2C(=O)OC)cc1Br. The summed E-state index contributed by atoms with van der Waals surface area (Å²) >= 11 is 3.43. The van der Waals surface area contributed by atoms with Crippen molar-refractivity contribution in [3.8, 4) is 17.0 Å². The molecule has 0 atom stereocenters. The molecule has 20 heavy (non-hydrogen) atoms. The summed E-state index contributed by atoms with van der Waals surface area (Å²) < 4.78 is 16.1. The Bertz CT molecular complexity index is 636. The maximum Gasteiger partial charge on any atom is 0.343 e. The molecule has 0 amide bonds. The third-order valence-electron chi connectivity index (χ3n) is 2.76. The molecule has 0 fully saturated rings. The molecule has 1 heterocycles. The molecular weight excluding hydrogens is 326 g/mol. The van der Waals surface area contributed by atoms with E-state index in [-0.39, 0.29) is 0 Å². The molecule has 0 aliphatic rings. The lowest BCUT2D eigenvalue weighted by Crippen LogP contribution is -2.03. The van der Waals surface area contributed by atoms with E-state index in [1.807, 2.05) is 25.1 Å². The van der Waals surface area contributed by atoms with Crippen LogP contribution in [-0.4, -0.2) is 24.8 Å². The monoisotopic (exact) mass is 339 g/mol. The molecule has 0 aliphatic carbocycles. The van der Waals surface area contributed by atoms with E-state index in [0.717, 1.165) is 15.8 Å². The van der Waals surface area contributed by atoms with Crippen LogP contribution in [0.5, 0.6) is 5.75 Å². The van der Waals surface area contributed by atoms with Crippen LogP contribution in [0.3, 0.4) is 0 Å². The van der Waals surface area contributed by atoms with E-state index in [4.69, 9.17) is 14.0 Å².